The average molecular weight is 214 g/mol. The molecule has 0 amide bonds. The van der Waals surface area contributed by atoms with E-state index in [-0.39, 0.29) is 6.10 Å². The molecule has 1 atom stereocenters. The minimum Gasteiger partial charge on any atom is -0.391 e. The van der Waals surface area contributed by atoms with Crippen LogP contribution in [0, 0.1) is 0 Å². The van der Waals surface area contributed by atoms with Crippen molar-refractivity contribution in [1.29, 1.82) is 0 Å². The molecule has 0 aromatic rings. The van der Waals surface area contributed by atoms with Crippen LogP contribution in [-0.4, -0.2) is 43.9 Å². The SMILES string of the molecule is COCC(O)CCNC1=NCCCCC1. The highest BCUT2D eigenvalue weighted by molar-refractivity contribution is 5.82. The molecule has 0 saturated carbocycles. The van der Waals surface area contributed by atoms with Gasteiger partial charge in [-0.3, -0.25) is 4.99 Å². The van der Waals surface area contributed by atoms with E-state index in [2.05, 4.69) is 10.3 Å². The van der Waals surface area contributed by atoms with E-state index in [4.69, 9.17) is 4.74 Å². The molecule has 4 nitrogen and oxygen atoms in total. The van der Waals surface area contributed by atoms with Crippen LogP contribution in [-0.2, 0) is 4.74 Å². The van der Waals surface area contributed by atoms with Gasteiger partial charge >= 0.3 is 0 Å². The number of nitrogens with one attached hydrogen (secondary N) is 1. The quantitative estimate of drug-likeness (QED) is 0.716. The fraction of sp³-hybridized carbons (Fsp3) is 0.909. The summed E-state index contributed by atoms with van der Waals surface area (Å²) in [4.78, 5) is 4.46. The lowest BCUT2D eigenvalue weighted by atomic mass is 10.2. The Morgan fingerprint density at radius 1 is 1.47 bits per heavy atom. The molecule has 2 N–H and O–H groups in total. The van der Waals surface area contributed by atoms with Crippen LogP contribution in [0.2, 0.25) is 0 Å². The molecule has 88 valence electrons. The molecule has 0 fully saturated rings. The van der Waals surface area contributed by atoms with Crippen LogP contribution in [0.5, 0.6) is 0 Å². The zero-order valence-electron chi connectivity index (χ0n) is 9.54. The van der Waals surface area contributed by atoms with Crippen molar-refractivity contribution in [2.75, 3.05) is 26.8 Å². The molecule has 4 heteroatoms. The van der Waals surface area contributed by atoms with Crippen molar-refractivity contribution < 1.29 is 9.84 Å². The molecule has 0 saturated heterocycles. The minimum absolute atomic E-state index is 0.367. The molecule has 0 spiro atoms. The van der Waals surface area contributed by atoms with E-state index in [0.717, 1.165) is 25.3 Å². The van der Waals surface area contributed by atoms with Gasteiger partial charge in [0.15, 0.2) is 0 Å². The van der Waals surface area contributed by atoms with Gasteiger partial charge in [0, 0.05) is 26.6 Å². The van der Waals surface area contributed by atoms with Crippen molar-refractivity contribution in [3.8, 4) is 0 Å². The maximum atomic E-state index is 9.43. The van der Waals surface area contributed by atoms with Crippen molar-refractivity contribution in [2.24, 2.45) is 4.99 Å². The molecular formula is C11H22N2O2. The summed E-state index contributed by atoms with van der Waals surface area (Å²) < 4.78 is 4.86. The van der Waals surface area contributed by atoms with Gasteiger partial charge in [-0.1, -0.05) is 6.42 Å². The Morgan fingerprint density at radius 2 is 2.33 bits per heavy atom. The van der Waals surface area contributed by atoms with Crippen LogP contribution < -0.4 is 5.32 Å². The second-order valence-electron chi connectivity index (χ2n) is 3.96. The van der Waals surface area contributed by atoms with E-state index in [1.54, 1.807) is 7.11 Å². The number of aliphatic imine (C=N–C) groups is 1. The van der Waals surface area contributed by atoms with Gasteiger partial charge in [0.2, 0.25) is 0 Å². The monoisotopic (exact) mass is 214 g/mol. The lowest BCUT2D eigenvalue weighted by Gasteiger charge is -2.11. The molecule has 1 heterocycles. The fourth-order valence-corrected chi connectivity index (χ4v) is 1.68. The number of nitrogens with zero attached hydrogens (tertiary/aromatic N) is 1. The summed E-state index contributed by atoms with van der Waals surface area (Å²) in [7, 11) is 1.60. The van der Waals surface area contributed by atoms with Gasteiger partial charge in [0.1, 0.15) is 0 Å². The number of hydrogen-bond donors (Lipinski definition) is 2. The van der Waals surface area contributed by atoms with Crippen LogP contribution in [0.4, 0.5) is 0 Å². The third-order valence-electron chi connectivity index (χ3n) is 2.54. The van der Waals surface area contributed by atoms with Gasteiger partial charge in [-0.05, 0) is 19.3 Å². The Morgan fingerprint density at radius 3 is 3.13 bits per heavy atom. The fourth-order valence-electron chi connectivity index (χ4n) is 1.68. The van der Waals surface area contributed by atoms with Crippen LogP contribution in [0.3, 0.4) is 0 Å². The molecule has 1 unspecified atom stereocenters. The van der Waals surface area contributed by atoms with Crippen LogP contribution in [0.1, 0.15) is 32.1 Å². The number of hydrogen-bond acceptors (Lipinski definition) is 4. The first kappa shape index (κ1) is 12.5. The number of aliphatic hydroxyl groups is 1. The second-order valence-corrected chi connectivity index (χ2v) is 3.96. The lowest BCUT2D eigenvalue weighted by Crippen LogP contribution is -2.28. The highest BCUT2D eigenvalue weighted by atomic mass is 16.5. The molecule has 1 aliphatic heterocycles. The largest absolute Gasteiger partial charge is 0.391 e. The normalized spacial score (nSPS) is 19.2. The zero-order chi connectivity index (χ0) is 10.9. The number of amidine groups is 1. The van der Waals surface area contributed by atoms with E-state index in [0.29, 0.717) is 13.0 Å². The van der Waals surface area contributed by atoms with Crippen molar-refractivity contribution in [3.63, 3.8) is 0 Å². The second kappa shape index (κ2) is 7.65. The smallest absolute Gasteiger partial charge is 0.0963 e. The van der Waals surface area contributed by atoms with Crippen molar-refractivity contribution in [2.45, 2.75) is 38.2 Å². The van der Waals surface area contributed by atoms with E-state index in [9.17, 15) is 5.11 Å². The summed E-state index contributed by atoms with van der Waals surface area (Å²) in [6.07, 6.45) is 5.12. The Labute approximate surface area is 91.7 Å². The lowest BCUT2D eigenvalue weighted by molar-refractivity contribution is 0.0602. The van der Waals surface area contributed by atoms with Crippen molar-refractivity contribution >= 4 is 5.84 Å². The van der Waals surface area contributed by atoms with Gasteiger partial charge in [0.25, 0.3) is 0 Å². The Hall–Kier alpha value is -0.610. The predicted molar refractivity (Wildman–Crippen MR) is 61.3 cm³/mol. The maximum Gasteiger partial charge on any atom is 0.0963 e. The average Bonchev–Trinajstić information content (AvgIpc) is 2.47. The molecule has 1 aliphatic rings. The van der Waals surface area contributed by atoms with E-state index >= 15 is 0 Å². The van der Waals surface area contributed by atoms with Gasteiger partial charge in [0.05, 0.1) is 18.5 Å². The molecule has 0 aromatic heterocycles. The molecule has 0 radical (unpaired) electrons. The van der Waals surface area contributed by atoms with Crippen molar-refractivity contribution in [1.82, 2.24) is 5.32 Å². The van der Waals surface area contributed by atoms with E-state index in [1.165, 1.54) is 19.3 Å². The predicted octanol–water partition coefficient (Wildman–Crippen LogP) is 0.946. The van der Waals surface area contributed by atoms with Gasteiger partial charge in [-0.2, -0.15) is 0 Å². The number of aliphatic hydroxyl groups excluding tert-OH is 1. The van der Waals surface area contributed by atoms with Crippen LogP contribution in [0.15, 0.2) is 4.99 Å². The standard InChI is InChI=1S/C11H22N2O2/c1-15-9-10(14)6-8-13-11-5-3-2-4-7-12-11/h10,14H,2-9H2,1H3,(H,12,13). The first-order valence-electron chi connectivity index (χ1n) is 5.77. The van der Waals surface area contributed by atoms with Gasteiger partial charge in [-0.15, -0.1) is 0 Å². The molecule has 0 bridgehead atoms. The summed E-state index contributed by atoms with van der Waals surface area (Å²) in [6, 6.07) is 0. The minimum atomic E-state index is -0.367. The Balaban J connectivity index is 2.10. The summed E-state index contributed by atoms with van der Waals surface area (Å²) in [5, 5.41) is 12.7. The molecule has 15 heavy (non-hydrogen) atoms. The summed E-state index contributed by atoms with van der Waals surface area (Å²) in [5.74, 6) is 1.11. The zero-order valence-corrected chi connectivity index (χ0v) is 9.54. The van der Waals surface area contributed by atoms with E-state index in [1.807, 2.05) is 0 Å². The Bertz CT molecular complexity index is 195. The molecular weight excluding hydrogens is 192 g/mol. The molecule has 0 aromatic carbocycles. The number of ether oxygens (including phenoxy) is 1. The van der Waals surface area contributed by atoms with E-state index < -0.39 is 0 Å². The van der Waals surface area contributed by atoms with Gasteiger partial charge in [-0.25, -0.2) is 0 Å². The third kappa shape index (κ3) is 5.74. The first-order valence-corrected chi connectivity index (χ1v) is 5.77. The summed E-state index contributed by atoms with van der Waals surface area (Å²) in [6.45, 7) is 2.14. The van der Waals surface area contributed by atoms with Gasteiger partial charge < -0.3 is 15.2 Å². The number of rotatable bonds is 5. The third-order valence-corrected chi connectivity index (χ3v) is 2.54. The first-order chi connectivity index (χ1) is 7.33. The highest BCUT2D eigenvalue weighted by Gasteiger charge is 2.05. The Kier molecular flexibility index (Phi) is 6.36. The van der Waals surface area contributed by atoms with Crippen LogP contribution >= 0.6 is 0 Å². The molecule has 1 rings (SSSR count). The van der Waals surface area contributed by atoms with Crippen molar-refractivity contribution in [3.05, 3.63) is 0 Å². The number of methoxy groups -OCH3 is 1. The topological polar surface area (TPSA) is 53.9 Å². The summed E-state index contributed by atoms with van der Waals surface area (Å²) >= 11 is 0. The molecule has 0 aliphatic carbocycles. The highest BCUT2D eigenvalue weighted by Crippen LogP contribution is 2.06. The maximum absolute atomic E-state index is 9.43. The summed E-state index contributed by atoms with van der Waals surface area (Å²) in [5.41, 5.74) is 0. The van der Waals surface area contributed by atoms with Crippen LogP contribution in [0.25, 0.3) is 0 Å².